The average Bonchev–Trinajstić information content (AvgIpc) is 2.31. The summed E-state index contributed by atoms with van der Waals surface area (Å²) in [6.07, 6.45) is 4.36. The zero-order valence-corrected chi connectivity index (χ0v) is 12.8. The van der Waals surface area contributed by atoms with Crippen molar-refractivity contribution in [2.24, 2.45) is 5.14 Å². The molecule has 0 radical (unpaired) electrons. The van der Waals surface area contributed by atoms with E-state index in [9.17, 15) is 8.42 Å². The third-order valence-corrected chi connectivity index (χ3v) is 4.08. The van der Waals surface area contributed by atoms with E-state index in [1.807, 2.05) is 6.92 Å². The lowest BCUT2D eigenvalue weighted by molar-refractivity contribution is 0.585. The molecule has 1 rings (SSSR count). The number of hydrogen-bond acceptors (Lipinski definition) is 3. The molecule has 0 aliphatic carbocycles. The highest BCUT2D eigenvalue weighted by Crippen LogP contribution is 2.22. The predicted molar refractivity (Wildman–Crippen MR) is 79.8 cm³/mol. The molecule has 0 aliphatic rings. The molecule has 0 bridgehead atoms. The van der Waals surface area contributed by atoms with Crippen LogP contribution in [0.2, 0.25) is 0 Å². The second-order valence-corrected chi connectivity index (χ2v) is 6.50. The molecule has 0 amide bonds. The van der Waals surface area contributed by atoms with Crippen LogP contribution in [0.4, 0.5) is 5.69 Å². The van der Waals surface area contributed by atoms with Gasteiger partial charge >= 0.3 is 0 Å². The van der Waals surface area contributed by atoms with E-state index in [1.165, 1.54) is 0 Å². The number of anilines is 1. The van der Waals surface area contributed by atoms with E-state index in [-0.39, 0.29) is 4.90 Å². The van der Waals surface area contributed by atoms with E-state index in [4.69, 9.17) is 5.14 Å². The molecule has 0 heterocycles. The Morgan fingerprint density at radius 1 is 1.21 bits per heavy atom. The first-order valence-electron chi connectivity index (χ1n) is 6.78. The number of benzene rings is 1. The van der Waals surface area contributed by atoms with Crippen molar-refractivity contribution in [3.8, 4) is 0 Å². The fraction of sp³-hybridized carbons (Fsp3) is 0.571. The van der Waals surface area contributed by atoms with Gasteiger partial charge in [0, 0.05) is 11.7 Å². The van der Waals surface area contributed by atoms with Gasteiger partial charge in [-0.3, -0.25) is 0 Å². The van der Waals surface area contributed by atoms with Gasteiger partial charge in [0.05, 0.1) is 4.90 Å². The van der Waals surface area contributed by atoms with Crippen molar-refractivity contribution in [3.63, 3.8) is 0 Å². The van der Waals surface area contributed by atoms with Crippen molar-refractivity contribution in [3.05, 3.63) is 23.8 Å². The molecule has 0 aliphatic heterocycles. The molecule has 0 saturated carbocycles. The molecule has 3 N–H and O–H groups in total. The monoisotopic (exact) mass is 284 g/mol. The predicted octanol–water partition coefficient (Wildman–Crippen LogP) is 3.02. The molecule has 0 atom stereocenters. The van der Waals surface area contributed by atoms with Crippen LogP contribution < -0.4 is 10.5 Å². The Morgan fingerprint density at radius 3 is 2.26 bits per heavy atom. The van der Waals surface area contributed by atoms with Gasteiger partial charge in [-0.25, -0.2) is 13.6 Å². The number of sulfonamides is 1. The first kappa shape index (κ1) is 16.0. The van der Waals surface area contributed by atoms with Crippen molar-refractivity contribution in [2.45, 2.75) is 57.4 Å². The SMILES string of the molecule is CCCC(CCC)Nc1cc(S(N)(=O)=O)ccc1C. The molecule has 0 spiro atoms. The molecule has 19 heavy (non-hydrogen) atoms. The molecule has 4 nitrogen and oxygen atoms in total. The second-order valence-electron chi connectivity index (χ2n) is 4.94. The number of nitrogens with one attached hydrogen (secondary N) is 1. The summed E-state index contributed by atoms with van der Waals surface area (Å²) in [5.74, 6) is 0. The van der Waals surface area contributed by atoms with E-state index in [0.717, 1.165) is 36.9 Å². The minimum absolute atomic E-state index is 0.160. The van der Waals surface area contributed by atoms with Crippen LogP contribution in [0.15, 0.2) is 23.1 Å². The average molecular weight is 284 g/mol. The summed E-state index contributed by atoms with van der Waals surface area (Å²) in [5, 5.41) is 8.61. The number of nitrogens with two attached hydrogens (primary N) is 1. The van der Waals surface area contributed by atoms with Gasteiger partial charge < -0.3 is 5.32 Å². The Balaban J connectivity index is 2.98. The van der Waals surface area contributed by atoms with Gasteiger partial charge in [0.25, 0.3) is 0 Å². The summed E-state index contributed by atoms with van der Waals surface area (Å²) in [7, 11) is -3.64. The second kappa shape index (κ2) is 6.91. The summed E-state index contributed by atoms with van der Waals surface area (Å²) >= 11 is 0. The summed E-state index contributed by atoms with van der Waals surface area (Å²) in [6, 6.07) is 5.34. The van der Waals surface area contributed by atoms with Gasteiger partial charge in [0.2, 0.25) is 10.0 Å². The zero-order chi connectivity index (χ0) is 14.5. The summed E-state index contributed by atoms with van der Waals surface area (Å²) < 4.78 is 22.8. The standard InChI is InChI=1S/C14H24N2O2S/c1-4-6-12(7-5-2)16-14-10-13(19(15,17)18)9-8-11(14)3/h8-10,12,16H,4-7H2,1-3H3,(H2,15,17,18). The van der Waals surface area contributed by atoms with E-state index in [2.05, 4.69) is 19.2 Å². The highest BCUT2D eigenvalue weighted by molar-refractivity contribution is 7.89. The molecule has 0 fully saturated rings. The van der Waals surface area contributed by atoms with Crippen molar-refractivity contribution >= 4 is 15.7 Å². The maximum atomic E-state index is 11.4. The van der Waals surface area contributed by atoms with Crippen LogP contribution in [0.3, 0.4) is 0 Å². The van der Waals surface area contributed by atoms with Gasteiger partial charge in [-0.15, -0.1) is 0 Å². The van der Waals surface area contributed by atoms with Crippen LogP contribution in [-0.2, 0) is 10.0 Å². The summed E-state index contributed by atoms with van der Waals surface area (Å²) in [6.45, 7) is 6.26. The zero-order valence-electron chi connectivity index (χ0n) is 11.9. The smallest absolute Gasteiger partial charge is 0.238 e. The quantitative estimate of drug-likeness (QED) is 0.808. The molecule has 1 aromatic rings. The normalized spacial score (nSPS) is 11.8. The van der Waals surface area contributed by atoms with E-state index in [0.29, 0.717) is 6.04 Å². The van der Waals surface area contributed by atoms with Gasteiger partial charge in [-0.05, 0) is 37.5 Å². The highest BCUT2D eigenvalue weighted by atomic mass is 32.2. The van der Waals surface area contributed by atoms with Crippen molar-refractivity contribution < 1.29 is 8.42 Å². The molecule has 108 valence electrons. The lowest BCUT2D eigenvalue weighted by atomic mass is 10.1. The molecular weight excluding hydrogens is 260 g/mol. The minimum atomic E-state index is -3.64. The van der Waals surface area contributed by atoms with Gasteiger partial charge in [-0.2, -0.15) is 0 Å². The number of hydrogen-bond donors (Lipinski definition) is 2. The molecular formula is C14H24N2O2S. The van der Waals surface area contributed by atoms with Crippen molar-refractivity contribution in [2.75, 3.05) is 5.32 Å². The van der Waals surface area contributed by atoms with Crippen LogP contribution >= 0.6 is 0 Å². The Kier molecular flexibility index (Phi) is 5.82. The van der Waals surface area contributed by atoms with Crippen LogP contribution in [0.25, 0.3) is 0 Å². The minimum Gasteiger partial charge on any atom is -0.382 e. The number of aryl methyl sites for hydroxylation is 1. The molecule has 5 heteroatoms. The molecule has 1 aromatic carbocycles. The van der Waals surface area contributed by atoms with Crippen LogP contribution in [0.5, 0.6) is 0 Å². The Bertz CT molecular complexity index is 506. The maximum absolute atomic E-state index is 11.4. The number of rotatable bonds is 7. The van der Waals surface area contributed by atoms with E-state index >= 15 is 0 Å². The largest absolute Gasteiger partial charge is 0.382 e. The summed E-state index contributed by atoms with van der Waals surface area (Å²) in [5.41, 5.74) is 1.89. The molecule has 0 saturated heterocycles. The summed E-state index contributed by atoms with van der Waals surface area (Å²) in [4.78, 5) is 0.160. The lowest BCUT2D eigenvalue weighted by Gasteiger charge is -2.20. The highest BCUT2D eigenvalue weighted by Gasteiger charge is 2.12. The van der Waals surface area contributed by atoms with Gasteiger partial charge in [0.1, 0.15) is 0 Å². The topological polar surface area (TPSA) is 72.2 Å². The van der Waals surface area contributed by atoms with Crippen LogP contribution in [0, 0.1) is 6.92 Å². The Morgan fingerprint density at radius 2 is 1.79 bits per heavy atom. The first-order valence-corrected chi connectivity index (χ1v) is 8.33. The number of primary sulfonamides is 1. The van der Waals surface area contributed by atoms with E-state index < -0.39 is 10.0 Å². The van der Waals surface area contributed by atoms with Gasteiger partial charge in [-0.1, -0.05) is 32.8 Å². The maximum Gasteiger partial charge on any atom is 0.238 e. The van der Waals surface area contributed by atoms with Crippen LogP contribution in [-0.4, -0.2) is 14.5 Å². The first-order chi connectivity index (χ1) is 8.88. The molecule has 0 unspecified atom stereocenters. The van der Waals surface area contributed by atoms with E-state index in [1.54, 1.807) is 18.2 Å². The lowest BCUT2D eigenvalue weighted by Crippen LogP contribution is -2.20. The van der Waals surface area contributed by atoms with Crippen LogP contribution in [0.1, 0.15) is 45.1 Å². The van der Waals surface area contributed by atoms with Crippen molar-refractivity contribution in [1.82, 2.24) is 0 Å². The van der Waals surface area contributed by atoms with Crippen molar-refractivity contribution in [1.29, 1.82) is 0 Å². The van der Waals surface area contributed by atoms with Gasteiger partial charge in [0.15, 0.2) is 0 Å². The molecule has 0 aromatic heterocycles. The third kappa shape index (κ3) is 4.84. The third-order valence-electron chi connectivity index (χ3n) is 3.17. The fourth-order valence-corrected chi connectivity index (χ4v) is 2.68. The fourth-order valence-electron chi connectivity index (χ4n) is 2.14. The Hall–Kier alpha value is -1.07. The Labute approximate surface area is 116 Å².